The first-order valence-corrected chi connectivity index (χ1v) is 9.50. The van der Waals surface area contributed by atoms with Gasteiger partial charge in [-0.3, -0.25) is 9.97 Å². The molecule has 1 aliphatic rings. The molecule has 144 valence electrons. The molecule has 0 saturated heterocycles. The van der Waals surface area contributed by atoms with E-state index in [4.69, 9.17) is 15.0 Å². The van der Waals surface area contributed by atoms with Gasteiger partial charge in [0.05, 0.1) is 37.0 Å². The minimum Gasteiger partial charge on any atom is -0.453 e. The van der Waals surface area contributed by atoms with E-state index in [2.05, 4.69) is 25.9 Å². The summed E-state index contributed by atoms with van der Waals surface area (Å²) in [5.41, 5.74) is 3.36. The van der Waals surface area contributed by atoms with Gasteiger partial charge in [0.2, 0.25) is 0 Å². The number of pyridine rings is 2. The molecule has 1 fully saturated rings. The summed E-state index contributed by atoms with van der Waals surface area (Å²) in [5, 5.41) is 11.7. The van der Waals surface area contributed by atoms with Gasteiger partial charge in [0, 0.05) is 18.7 Å². The number of aromatic nitrogens is 4. The van der Waals surface area contributed by atoms with E-state index in [-0.39, 0.29) is 12.6 Å². The van der Waals surface area contributed by atoms with Crippen LogP contribution in [0.4, 0.5) is 4.79 Å². The average Bonchev–Trinajstić information content (AvgIpc) is 3.11. The van der Waals surface area contributed by atoms with Crippen LogP contribution < -0.4 is 5.32 Å². The number of ether oxygens (including phenoxy) is 1. The van der Waals surface area contributed by atoms with E-state index >= 15 is 0 Å². The first-order valence-electron chi connectivity index (χ1n) is 9.50. The number of nitriles is 1. The summed E-state index contributed by atoms with van der Waals surface area (Å²) < 4.78 is 6.91. The molecule has 0 atom stereocenters. The average molecular weight is 378 g/mol. The third kappa shape index (κ3) is 3.36. The Balaban J connectivity index is 1.77. The maximum absolute atomic E-state index is 11.6. The lowest BCUT2D eigenvalue weighted by Crippen LogP contribution is -2.26. The minimum absolute atomic E-state index is 0.252. The van der Waals surface area contributed by atoms with Crippen LogP contribution in [0.25, 0.3) is 22.1 Å². The molecule has 8 heteroatoms. The Kier molecular flexibility index (Phi) is 5.06. The number of fused-ring (bicyclic) bond motifs is 3. The third-order valence-corrected chi connectivity index (χ3v) is 5.49. The molecular weight excluding hydrogens is 356 g/mol. The van der Waals surface area contributed by atoms with E-state index in [1.54, 1.807) is 12.4 Å². The Morgan fingerprint density at radius 2 is 2.14 bits per heavy atom. The smallest absolute Gasteiger partial charge is 0.407 e. The van der Waals surface area contributed by atoms with Gasteiger partial charge in [-0.25, -0.2) is 9.78 Å². The molecule has 0 spiro atoms. The summed E-state index contributed by atoms with van der Waals surface area (Å²) in [5.74, 6) is 1.23. The molecule has 1 N–H and O–H groups in total. The molecule has 28 heavy (non-hydrogen) atoms. The van der Waals surface area contributed by atoms with Crippen molar-refractivity contribution in [1.29, 1.82) is 5.26 Å². The summed E-state index contributed by atoms with van der Waals surface area (Å²) in [6.45, 7) is 0.272. The number of rotatable bonds is 4. The quantitative estimate of drug-likeness (QED) is 0.745. The van der Waals surface area contributed by atoms with E-state index in [0.29, 0.717) is 12.3 Å². The highest BCUT2D eigenvalue weighted by Crippen LogP contribution is 2.37. The Labute approximate surface area is 162 Å². The van der Waals surface area contributed by atoms with E-state index in [9.17, 15) is 4.79 Å². The second-order valence-corrected chi connectivity index (χ2v) is 7.14. The van der Waals surface area contributed by atoms with Crippen LogP contribution in [0.1, 0.15) is 44.0 Å². The number of alkyl carbamates (subject to hydrolysis) is 1. The Morgan fingerprint density at radius 3 is 2.89 bits per heavy atom. The van der Waals surface area contributed by atoms with Crippen molar-refractivity contribution >= 4 is 28.2 Å². The molecule has 1 saturated carbocycles. The molecule has 0 aromatic carbocycles. The minimum atomic E-state index is -0.488. The fraction of sp³-hybridized carbons (Fsp3) is 0.450. The summed E-state index contributed by atoms with van der Waals surface area (Å²) in [6, 6.07) is 6.35. The SMILES string of the molecule is COC(=O)NCc1nc2cnc3cccnc3c2n1C1CCC(CC#N)CC1. The highest BCUT2D eigenvalue weighted by molar-refractivity contribution is 5.99. The van der Waals surface area contributed by atoms with E-state index in [1.807, 2.05) is 12.1 Å². The van der Waals surface area contributed by atoms with Crippen LogP contribution in [-0.2, 0) is 11.3 Å². The van der Waals surface area contributed by atoms with Crippen LogP contribution >= 0.6 is 0 Å². The molecular formula is C20H22N6O2. The van der Waals surface area contributed by atoms with Crippen LogP contribution in [0.3, 0.4) is 0 Å². The number of nitrogens with one attached hydrogen (secondary N) is 1. The summed E-state index contributed by atoms with van der Waals surface area (Å²) in [6.07, 6.45) is 7.62. The summed E-state index contributed by atoms with van der Waals surface area (Å²) in [4.78, 5) is 25.4. The predicted octanol–water partition coefficient (Wildman–Crippen LogP) is 3.48. The maximum atomic E-state index is 11.6. The summed E-state index contributed by atoms with van der Waals surface area (Å²) >= 11 is 0. The van der Waals surface area contributed by atoms with Crippen molar-refractivity contribution in [2.24, 2.45) is 5.92 Å². The van der Waals surface area contributed by atoms with Crippen molar-refractivity contribution in [2.75, 3.05) is 7.11 Å². The molecule has 0 bridgehead atoms. The largest absolute Gasteiger partial charge is 0.453 e. The van der Waals surface area contributed by atoms with Crippen LogP contribution in [0.15, 0.2) is 24.5 Å². The van der Waals surface area contributed by atoms with Gasteiger partial charge >= 0.3 is 6.09 Å². The molecule has 0 aliphatic heterocycles. The highest BCUT2D eigenvalue weighted by atomic mass is 16.5. The van der Waals surface area contributed by atoms with E-state index < -0.39 is 6.09 Å². The topological polar surface area (TPSA) is 106 Å². The lowest BCUT2D eigenvalue weighted by atomic mass is 9.84. The molecule has 1 aliphatic carbocycles. The standard InChI is InChI=1S/C20H22N6O2/c1-28-20(27)24-12-17-25-16-11-23-15-3-2-10-22-18(15)19(16)26(17)14-6-4-13(5-7-14)8-9-21/h2-3,10-11,13-14H,4-8,12H2,1H3,(H,24,27). The molecule has 3 aromatic rings. The van der Waals surface area contributed by atoms with Crippen LogP contribution in [-0.4, -0.2) is 32.7 Å². The lowest BCUT2D eigenvalue weighted by Gasteiger charge is -2.30. The fourth-order valence-corrected chi connectivity index (χ4v) is 4.12. The monoisotopic (exact) mass is 378 g/mol. The number of hydrogen-bond acceptors (Lipinski definition) is 6. The molecule has 0 unspecified atom stereocenters. The zero-order valence-electron chi connectivity index (χ0n) is 15.8. The third-order valence-electron chi connectivity index (χ3n) is 5.49. The van der Waals surface area contributed by atoms with Gasteiger partial charge in [0.1, 0.15) is 16.9 Å². The van der Waals surface area contributed by atoms with E-state index in [1.165, 1.54) is 7.11 Å². The van der Waals surface area contributed by atoms with Gasteiger partial charge in [-0.05, 0) is 43.7 Å². The van der Waals surface area contributed by atoms with Crippen molar-refractivity contribution < 1.29 is 9.53 Å². The second-order valence-electron chi connectivity index (χ2n) is 7.14. The van der Waals surface area contributed by atoms with Gasteiger partial charge in [-0.2, -0.15) is 5.26 Å². The number of carbonyl (C=O) groups is 1. The van der Waals surface area contributed by atoms with Crippen molar-refractivity contribution in [3.05, 3.63) is 30.4 Å². The lowest BCUT2D eigenvalue weighted by molar-refractivity contribution is 0.170. The zero-order chi connectivity index (χ0) is 19.5. The Bertz CT molecular complexity index is 1050. The van der Waals surface area contributed by atoms with E-state index in [0.717, 1.165) is 53.6 Å². The molecule has 3 aromatic heterocycles. The molecule has 0 radical (unpaired) electrons. The van der Waals surface area contributed by atoms with Gasteiger partial charge in [0.15, 0.2) is 0 Å². The predicted molar refractivity (Wildman–Crippen MR) is 103 cm³/mol. The van der Waals surface area contributed by atoms with Crippen molar-refractivity contribution in [2.45, 2.75) is 44.7 Å². The van der Waals surface area contributed by atoms with Gasteiger partial charge in [0.25, 0.3) is 0 Å². The highest BCUT2D eigenvalue weighted by Gasteiger charge is 2.27. The molecule has 3 heterocycles. The molecule has 1 amide bonds. The number of hydrogen-bond donors (Lipinski definition) is 1. The first-order chi connectivity index (χ1) is 13.7. The van der Waals surface area contributed by atoms with Crippen LogP contribution in [0, 0.1) is 17.2 Å². The first kappa shape index (κ1) is 18.2. The van der Waals surface area contributed by atoms with Crippen molar-refractivity contribution in [1.82, 2.24) is 24.8 Å². The number of amides is 1. The molecule has 4 rings (SSSR count). The van der Waals surface area contributed by atoms with Gasteiger partial charge in [-0.15, -0.1) is 0 Å². The zero-order valence-corrected chi connectivity index (χ0v) is 15.8. The number of imidazole rings is 1. The number of carbonyl (C=O) groups excluding carboxylic acids is 1. The van der Waals surface area contributed by atoms with Crippen LogP contribution in [0.5, 0.6) is 0 Å². The van der Waals surface area contributed by atoms with Crippen molar-refractivity contribution in [3.8, 4) is 6.07 Å². The van der Waals surface area contributed by atoms with Crippen molar-refractivity contribution in [3.63, 3.8) is 0 Å². The molecule has 8 nitrogen and oxygen atoms in total. The normalized spacial score (nSPS) is 19.4. The Morgan fingerprint density at radius 1 is 1.32 bits per heavy atom. The fourth-order valence-electron chi connectivity index (χ4n) is 4.12. The second kappa shape index (κ2) is 7.80. The summed E-state index contributed by atoms with van der Waals surface area (Å²) in [7, 11) is 1.34. The maximum Gasteiger partial charge on any atom is 0.407 e. The number of methoxy groups -OCH3 is 1. The Hall–Kier alpha value is -3.21. The van der Waals surface area contributed by atoms with Gasteiger partial charge < -0.3 is 14.6 Å². The number of nitrogens with zero attached hydrogens (tertiary/aromatic N) is 5. The van der Waals surface area contributed by atoms with Gasteiger partial charge in [-0.1, -0.05) is 0 Å². The van der Waals surface area contributed by atoms with Crippen LogP contribution in [0.2, 0.25) is 0 Å².